The first-order valence-electron chi connectivity index (χ1n) is 9.92. The molecule has 162 valence electrons. The maximum absolute atomic E-state index is 12.1. The molecule has 0 aliphatic carbocycles. The third-order valence-electron chi connectivity index (χ3n) is 4.26. The van der Waals surface area contributed by atoms with Crippen molar-refractivity contribution in [3.63, 3.8) is 0 Å². The summed E-state index contributed by atoms with van der Waals surface area (Å²) >= 11 is 5.20. The Morgan fingerprint density at radius 2 is 1.59 bits per heavy atom. The molecule has 0 aromatic heterocycles. The summed E-state index contributed by atoms with van der Waals surface area (Å²) < 4.78 is 5.44. The normalized spacial score (nSPS) is 10.4. The van der Waals surface area contributed by atoms with Crippen LogP contribution in [0.15, 0.2) is 84.9 Å². The van der Waals surface area contributed by atoms with E-state index in [1.807, 2.05) is 49.4 Å². The van der Waals surface area contributed by atoms with E-state index >= 15 is 0 Å². The lowest BCUT2D eigenvalue weighted by Crippen LogP contribution is -2.32. The Labute approximate surface area is 192 Å². The van der Waals surface area contributed by atoms with Gasteiger partial charge in [-0.3, -0.25) is 14.9 Å². The van der Waals surface area contributed by atoms with Gasteiger partial charge in [-0.25, -0.2) is 0 Å². The number of aryl methyl sites for hydroxylation is 1. The summed E-state index contributed by atoms with van der Waals surface area (Å²) in [6.45, 7) is 1.90. The van der Waals surface area contributed by atoms with Crippen molar-refractivity contribution in [1.82, 2.24) is 5.32 Å². The van der Waals surface area contributed by atoms with Crippen LogP contribution in [0.2, 0.25) is 0 Å². The van der Waals surface area contributed by atoms with E-state index < -0.39 is 0 Å². The molecule has 0 aliphatic heterocycles. The lowest BCUT2D eigenvalue weighted by molar-refractivity contribution is -0.118. The fourth-order valence-electron chi connectivity index (χ4n) is 2.70. The van der Waals surface area contributed by atoms with Gasteiger partial charge in [-0.15, -0.1) is 0 Å². The van der Waals surface area contributed by atoms with Gasteiger partial charge < -0.3 is 15.4 Å². The zero-order chi connectivity index (χ0) is 22.8. The van der Waals surface area contributed by atoms with E-state index in [4.69, 9.17) is 17.0 Å². The van der Waals surface area contributed by atoms with E-state index in [9.17, 15) is 9.59 Å². The smallest absolute Gasteiger partial charge is 0.262 e. The highest BCUT2D eigenvalue weighted by atomic mass is 32.1. The van der Waals surface area contributed by atoms with E-state index in [-0.39, 0.29) is 23.5 Å². The Kier molecular flexibility index (Phi) is 8.11. The van der Waals surface area contributed by atoms with Crippen LogP contribution in [0.3, 0.4) is 0 Å². The molecule has 3 aromatic carbocycles. The second-order valence-corrected chi connectivity index (χ2v) is 7.33. The van der Waals surface area contributed by atoms with E-state index in [0.717, 1.165) is 11.1 Å². The van der Waals surface area contributed by atoms with Gasteiger partial charge in [0.15, 0.2) is 11.7 Å². The van der Waals surface area contributed by atoms with Crippen molar-refractivity contribution in [2.75, 3.05) is 17.2 Å². The van der Waals surface area contributed by atoms with Crippen molar-refractivity contribution in [2.45, 2.75) is 6.92 Å². The molecular formula is C25H23N3O3S. The monoisotopic (exact) mass is 445 g/mol. The van der Waals surface area contributed by atoms with Gasteiger partial charge in [0.2, 0.25) is 5.91 Å². The topological polar surface area (TPSA) is 79.5 Å². The molecule has 0 saturated carbocycles. The largest absolute Gasteiger partial charge is 0.484 e. The Morgan fingerprint density at radius 1 is 0.906 bits per heavy atom. The molecule has 32 heavy (non-hydrogen) atoms. The number of para-hydroxylation sites is 1. The number of anilines is 2. The van der Waals surface area contributed by atoms with Crippen LogP contribution in [0.5, 0.6) is 5.75 Å². The first-order valence-corrected chi connectivity index (χ1v) is 10.3. The summed E-state index contributed by atoms with van der Waals surface area (Å²) in [5.74, 6) is -0.00990. The highest BCUT2D eigenvalue weighted by Crippen LogP contribution is 2.15. The number of thiocarbonyl (C=S) groups is 1. The third kappa shape index (κ3) is 7.70. The quantitative estimate of drug-likeness (QED) is 0.368. The summed E-state index contributed by atoms with van der Waals surface area (Å²) in [4.78, 5) is 24.2. The van der Waals surface area contributed by atoms with Gasteiger partial charge in [0.25, 0.3) is 5.91 Å². The zero-order valence-electron chi connectivity index (χ0n) is 17.5. The van der Waals surface area contributed by atoms with Crippen LogP contribution in [-0.4, -0.2) is 23.5 Å². The molecule has 7 heteroatoms. The maximum atomic E-state index is 12.1. The molecule has 0 fully saturated rings. The Balaban J connectivity index is 1.47. The minimum atomic E-state index is -0.342. The van der Waals surface area contributed by atoms with Crippen LogP contribution in [0.1, 0.15) is 11.1 Å². The number of carbonyl (C=O) groups excluding carboxylic acids is 2. The number of carbonyl (C=O) groups is 2. The van der Waals surface area contributed by atoms with Gasteiger partial charge in [0.05, 0.1) is 0 Å². The molecule has 0 atom stereocenters. The number of benzene rings is 3. The summed E-state index contributed by atoms with van der Waals surface area (Å²) in [5, 5.41) is 8.44. The summed E-state index contributed by atoms with van der Waals surface area (Å²) in [5.41, 5.74) is 3.27. The minimum Gasteiger partial charge on any atom is -0.484 e. The van der Waals surface area contributed by atoms with Gasteiger partial charge in [-0.2, -0.15) is 0 Å². The third-order valence-corrected chi connectivity index (χ3v) is 4.46. The maximum Gasteiger partial charge on any atom is 0.262 e. The molecule has 0 saturated heterocycles. The van der Waals surface area contributed by atoms with Crippen molar-refractivity contribution in [3.8, 4) is 5.75 Å². The molecule has 0 aliphatic rings. The molecule has 0 unspecified atom stereocenters. The molecular weight excluding hydrogens is 422 g/mol. The molecule has 6 nitrogen and oxygen atoms in total. The van der Waals surface area contributed by atoms with Crippen LogP contribution >= 0.6 is 12.2 Å². The number of hydrogen-bond donors (Lipinski definition) is 3. The number of hydrogen-bond acceptors (Lipinski definition) is 4. The van der Waals surface area contributed by atoms with Crippen molar-refractivity contribution < 1.29 is 14.3 Å². The molecule has 0 spiro atoms. The second kappa shape index (κ2) is 11.4. The molecule has 0 radical (unpaired) electrons. The molecule has 3 aromatic rings. The van der Waals surface area contributed by atoms with Crippen LogP contribution in [-0.2, 0) is 9.59 Å². The van der Waals surface area contributed by atoms with Crippen molar-refractivity contribution in [3.05, 3.63) is 96.1 Å². The number of nitrogens with one attached hydrogen (secondary N) is 3. The predicted octanol–water partition coefficient (Wildman–Crippen LogP) is 4.54. The van der Waals surface area contributed by atoms with Crippen molar-refractivity contribution >= 4 is 46.6 Å². The Morgan fingerprint density at radius 3 is 2.31 bits per heavy atom. The fraction of sp³-hybridized carbons (Fsp3) is 0.0800. The number of ether oxygens (including phenoxy) is 1. The van der Waals surface area contributed by atoms with Gasteiger partial charge in [-0.1, -0.05) is 54.1 Å². The van der Waals surface area contributed by atoms with E-state index in [1.54, 1.807) is 42.5 Å². The van der Waals surface area contributed by atoms with Crippen LogP contribution in [0.25, 0.3) is 6.08 Å². The van der Waals surface area contributed by atoms with E-state index in [2.05, 4.69) is 16.0 Å². The highest BCUT2D eigenvalue weighted by Gasteiger charge is 2.06. The lowest BCUT2D eigenvalue weighted by Gasteiger charge is -2.11. The minimum absolute atomic E-state index is 0.108. The Hall–Kier alpha value is -3.97. The van der Waals surface area contributed by atoms with Crippen LogP contribution < -0.4 is 20.7 Å². The molecule has 0 heterocycles. The summed E-state index contributed by atoms with van der Waals surface area (Å²) in [7, 11) is 0. The molecule has 3 rings (SSSR count). The SMILES string of the molecule is Cc1ccc(/C=C/C(=O)NC(=S)Nc2cccc(NC(=O)COc3ccccc3)c2)cc1. The van der Waals surface area contributed by atoms with Crippen molar-refractivity contribution in [1.29, 1.82) is 0 Å². The Bertz CT molecular complexity index is 1110. The first kappa shape index (κ1) is 22.7. The van der Waals surface area contributed by atoms with E-state index in [1.165, 1.54) is 6.08 Å². The summed E-state index contributed by atoms with van der Waals surface area (Å²) in [6.07, 6.45) is 3.13. The van der Waals surface area contributed by atoms with Gasteiger partial charge in [0, 0.05) is 17.5 Å². The number of rotatable bonds is 7. The second-order valence-electron chi connectivity index (χ2n) is 6.92. The molecule has 3 N–H and O–H groups in total. The standard InChI is InChI=1S/C25H23N3O3S/c1-18-10-12-19(13-11-18)14-15-23(29)28-25(32)27-21-7-5-6-20(16-21)26-24(30)17-31-22-8-3-2-4-9-22/h2-16H,17H2,1H3,(H,26,30)(H2,27,28,29,32)/b15-14+. The molecule has 2 amide bonds. The summed E-state index contributed by atoms with van der Waals surface area (Å²) in [6, 6.07) is 23.9. The van der Waals surface area contributed by atoms with E-state index in [0.29, 0.717) is 17.1 Å². The zero-order valence-corrected chi connectivity index (χ0v) is 18.3. The lowest BCUT2D eigenvalue weighted by atomic mass is 10.1. The van der Waals surface area contributed by atoms with Crippen LogP contribution in [0, 0.1) is 6.92 Å². The average molecular weight is 446 g/mol. The fourth-order valence-corrected chi connectivity index (χ4v) is 2.92. The highest BCUT2D eigenvalue weighted by molar-refractivity contribution is 7.80. The number of amides is 2. The first-order chi connectivity index (χ1) is 15.5. The van der Waals surface area contributed by atoms with Gasteiger partial charge in [0.1, 0.15) is 5.75 Å². The van der Waals surface area contributed by atoms with Gasteiger partial charge in [-0.05, 0) is 61.1 Å². The van der Waals surface area contributed by atoms with Crippen LogP contribution in [0.4, 0.5) is 11.4 Å². The molecule has 0 bridgehead atoms. The predicted molar refractivity (Wildman–Crippen MR) is 132 cm³/mol. The van der Waals surface area contributed by atoms with Gasteiger partial charge >= 0.3 is 0 Å². The average Bonchev–Trinajstić information content (AvgIpc) is 2.78. The van der Waals surface area contributed by atoms with Crippen molar-refractivity contribution in [2.24, 2.45) is 0 Å².